The zero-order valence-corrected chi connectivity index (χ0v) is 16.7. The predicted octanol–water partition coefficient (Wildman–Crippen LogP) is 6.79. The number of alkyl halides is 7. The average molecular weight is 479 g/mol. The molecule has 170 valence electrons. The van der Waals surface area contributed by atoms with Crippen LogP contribution in [0.5, 0.6) is 5.75 Å². The van der Waals surface area contributed by atoms with Gasteiger partial charge in [0.1, 0.15) is 12.4 Å². The van der Waals surface area contributed by atoms with E-state index in [1.165, 1.54) is 6.07 Å². The first-order valence-electron chi connectivity index (χ1n) is 8.94. The zero-order chi connectivity index (χ0) is 23.6. The fourth-order valence-corrected chi connectivity index (χ4v) is 2.96. The van der Waals surface area contributed by atoms with E-state index in [0.29, 0.717) is 33.0 Å². The number of hydrogen-bond donors (Lipinski definition) is 1. The highest BCUT2D eigenvalue weighted by molar-refractivity contribution is 6.30. The van der Waals surface area contributed by atoms with Gasteiger partial charge in [0.15, 0.2) is 0 Å². The highest BCUT2D eigenvalue weighted by Gasteiger charge is 2.73. The molecule has 0 atom stereocenters. The summed E-state index contributed by atoms with van der Waals surface area (Å²) in [6.45, 7) is 0.0233. The molecule has 1 N–H and O–H groups in total. The third-order valence-corrected chi connectivity index (χ3v) is 4.60. The van der Waals surface area contributed by atoms with E-state index in [2.05, 4.69) is 5.10 Å². The molecule has 0 spiro atoms. The molecule has 3 nitrogen and oxygen atoms in total. The molecule has 0 saturated carbocycles. The van der Waals surface area contributed by atoms with Gasteiger partial charge < -0.3 is 4.74 Å². The molecule has 0 amide bonds. The van der Waals surface area contributed by atoms with Crippen molar-refractivity contribution in [1.29, 1.82) is 0 Å². The molecule has 0 aliphatic rings. The first kappa shape index (κ1) is 23.6. The van der Waals surface area contributed by atoms with Crippen molar-refractivity contribution in [2.24, 2.45) is 5.10 Å². The van der Waals surface area contributed by atoms with Crippen LogP contribution >= 0.6 is 11.6 Å². The first-order chi connectivity index (χ1) is 14.9. The number of nitrogens with zero attached hydrogens (tertiary/aromatic N) is 1. The Morgan fingerprint density at radius 1 is 0.906 bits per heavy atom. The average Bonchev–Trinajstić information content (AvgIpc) is 2.72. The lowest BCUT2D eigenvalue weighted by Gasteiger charge is -2.27. The van der Waals surface area contributed by atoms with Gasteiger partial charge in [-0.05, 0) is 34.5 Å². The van der Waals surface area contributed by atoms with Crippen LogP contribution in [-0.4, -0.2) is 24.4 Å². The molecule has 3 aromatic rings. The van der Waals surface area contributed by atoms with E-state index in [4.69, 9.17) is 16.3 Å². The van der Waals surface area contributed by atoms with Crippen LogP contribution in [0.15, 0.2) is 65.8 Å². The summed E-state index contributed by atoms with van der Waals surface area (Å²) in [6, 6.07) is 10.8. The Morgan fingerprint density at radius 3 is 2.31 bits per heavy atom. The Morgan fingerprint density at radius 2 is 1.62 bits per heavy atom. The molecule has 32 heavy (non-hydrogen) atoms. The normalized spacial score (nSPS) is 13.0. The summed E-state index contributed by atoms with van der Waals surface area (Å²) in [4.78, 5) is 0. The summed E-state index contributed by atoms with van der Waals surface area (Å²) in [5, 5.41) is 4.52. The molecule has 0 fully saturated rings. The molecule has 0 aliphatic carbocycles. The quantitative estimate of drug-likeness (QED) is 0.176. The molecular weight excluding hydrogens is 465 g/mol. The van der Waals surface area contributed by atoms with Gasteiger partial charge in [0.25, 0.3) is 0 Å². The minimum atomic E-state index is -6.47. The molecular formula is C21H14ClF7N2O. The van der Waals surface area contributed by atoms with E-state index in [-0.39, 0.29) is 17.9 Å². The summed E-state index contributed by atoms with van der Waals surface area (Å²) < 4.78 is 95.7. The van der Waals surface area contributed by atoms with Gasteiger partial charge in [0.05, 0.1) is 6.21 Å². The summed E-state index contributed by atoms with van der Waals surface area (Å²) >= 11 is 5.92. The second-order valence-corrected chi connectivity index (χ2v) is 7.07. The van der Waals surface area contributed by atoms with Crippen molar-refractivity contribution in [2.75, 3.05) is 0 Å². The van der Waals surface area contributed by atoms with Gasteiger partial charge in [0, 0.05) is 10.6 Å². The van der Waals surface area contributed by atoms with Crippen LogP contribution in [0.1, 0.15) is 11.1 Å². The number of hydrogen-bond acceptors (Lipinski definition) is 3. The molecule has 0 aromatic heterocycles. The van der Waals surface area contributed by atoms with Crippen molar-refractivity contribution < 1.29 is 35.5 Å². The van der Waals surface area contributed by atoms with Crippen LogP contribution in [0.4, 0.5) is 30.7 Å². The zero-order valence-electron chi connectivity index (χ0n) is 15.9. The van der Waals surface area contributed by atoms with Crippen molar-refractivity contribution in [3.05, 3.63) is 76.8 Å². The van der Waals surface area contributed by atoms with E-state index < -0.39 is 18.1 Å². The fraction of sp³-hybridized carbons (Fsp3) is 0.190. The lowest BCUT2D eigenvalue weighted by Crippen LogP contribution is -2.58. The van der Waals surface area contributed by atoms with E-state index in [0.717, 1.165) is 0 Å². The van der Waals surface area contributed by atoms with Gasteiger partial charge in [-0.3, -0.25) is 0 Å². The minimum Gasteiger partial charge on any atom is -0.488 e. The first-order valence-corrected chi connectivity index (χ1v) is 9.32. The molecule has 0 radical (unpaired) electrons. The summed E-state index contributed by atoms with van der Waals surface area (Å²) in [7, 11) is 0. The van der Waals surface area contributed by atoms with E-state index >= 15 is 0 Å². The SMILES string of the molecule is FC(F)(F)C(F)(F)C(F)(F)N/N=C\c1c(OCc2cccc(Cl)c2)ccc2ccccc12. The van der Waals surface area contributed by atoms with Crippen molar-refractivity contribution >= 4 is 28.6 Å². The highest BCUT2D eigenvalue weighted by Crippen LogP contribution is 2.45. The van der Waals surface area contributed by atoms with Crippen LogP contribution in [0, 0.1) is 0 Å². The molecule has 0 aliphatic heterocycles. The van der Waals surface area contributed by atoms with Crippen molar-refractivity contribution in [2.45, 2.75) is 24.8 Å². The Kier molecular flexibility index (Phi) is 6.54. The molecule has 3 rings (SSSR count). The Hall–Kier alpha value is -3.01. The van der Waals surface area contributed by atoms with Crippen LogP contribution in [0.3, 0.4) is 0 Å². The van der Waals surface area contributed by atoms with Gasteiger partial charge in [0.2, 0.25) is 0 Å². The lowest BCUT2D eigenvalue weighted by atomic mass is 10.0. The summed E-state index contributed by atoms with van der Waals surface area (Å²) in [5.74, 6) is -6.19. The Labute approximate surface area is 182 Å². The minimum absolute atomic E-state index is 0.0233. The van der Waals surface area contributed by atoms with Crippen molar-refractivity contribution in [3.8, 4) is 5.75 Å². The van der Waals surface area contributed by atoms with Gasteiger partial charge in [-0.25, -0.2) is 5.43 Å². The number of fused-ring (bicyclic) bond motifs is 1. The maximum atomic E-state index is 13.5. The van der Waals surface area contributed by atoms with Gasteiger partial charge in [-0.1, -0.05) is 54.1 Å². The monoisotopic (exact) mass is 478 g/mol. The van der Waals surface area contributed by atoms with Gasteiger partial charge >= 0.3 is 18.1 Å². The Bertz CT molecular complexity index is 1130. The topological polar surface area (TPSA) is 33.6 Å². The fourth-order valence-electron chi connectivity index (χ4n) is 2.75. The second kappa shape index (κ2) is 8.85. The number of ether oxygens (including phenoxy) is 1. The predicted molar refractivity (Wildman–Crippen MR) is 106 cm³/mol. The maximum absolute atomic E-state index is 13.5. The van der Waals surface area contributed by atoms with Crippen molar-refractivity contribution in [3.63, 3.8) is 0 Å². The standard InChI is InChI=1S/C21H14ClF7N2O/c22-15-6-3-4-13(10-15)12-32-18-9-8-14-5-1-2-7-16(14)17(18)11-30-31-21(28,29)19(23,24)20(25,26)27/h1-11,31H,12H2/b30-11-. The van der Waals surface area contributed by atoms with Gasteiger partial charge in [-0.2, -0.15) is 35.8 Å². The maximum Gasteiger partial charge on any atom is 0.462 e. The van der Waals surface area contributed by atoms with E-state index in [9.17, 15) is 30.7 Å². The summed E-state index contributed by atoms with van der Waals surface area (Å²) in [6.07, 6.45) is -5.76. The van der Waals surface area contributed by atoms with Crippen molar-refractivity contribution in [1.82, 2.24) is 5.43 Å². The number of halogens is 8. The number of benzene rings is 3. The largest absolute Gasteiger partial charge is 0.488 e. The number of nitrogens with one attached hydrogen (secondary N) is 1. The molecule has 0 saturated heterocycles. The van der Waals surface area contributed by atoms with E-state index in [1.54, 1.807) is 54.6 Å². The summed E-state index contributed by atoms with van der Waals surface area (Å²) in [5.41, 5.74) is 1.40. The molecule has 3 aromatic carbocycles. The van der Waals surface area contributed by atoms with Crippen LogP contribution in [-0.2, 0) is 6.61 Å². The van der Waals surface area contributed by atoms with Crippen LogP contribution < -0.4 is 10.2 Å². The van der Waals surface area contributed by atoms with Crippen LogP contribution in [0.2, 0.25) is 5.02 Å². The molecule has 0 bridgehead atoms. The molecule has 11 heteroatoms. The lowest BCUT2D eigenvalue weighted by molar-refractivity contribution is -0.361. The molecule has 0 unspecified atom stereocenters. The van der Waals surface area contributed by atoms with Gasteiger partial charge in [-0.15, -0.1) is 0 Å². The van der Waals surface area contributed by atoms with Crippen LogP contribution in [0.25, 0.3) is 10.8 Å². The molecule has 0 heterocycles. The third kappa shape index (κ3) is 4.90. The smallest absolute Gasteiger partial charge is 0.462 e. The highest BCUT2D eigenvalue weighted by atomic mass is 35.5. The Balaban J connectivity index is 1.91. The number of hydrazone groups is 1. The second-order valence-electron chi connectivity index (χ2n) is 6.63. The number of rotatable bonds is 7. The third-order valence-electron chi connectivity index (χ3n) is 4.36. The van der Waals surface area contributed by atoms with E-state index in [1.807, 2.05) is 0 Å².